The maximum atomic E-state index is 12.1. The molecule has 0 aromatic carbocycles. The van der Waals surface area contributed by atoms with E-state index in [1.165, 1.54) is 5.56 Å². The van der Waals surface area contributed by atoms with E-state index in [1.807, 2.05) is 19.2 Å². The number of hydrogen-bond acceptors (Lipinski definition) is 4. The smallest absolute Gasteiger partial charge is 0.308 e. The zero-order chi connectivity index (χ0) is 17.5. The molecule has 24 heavy (non-hydrogen) atoms. The first-order chi connectivity index (χ1) is 11.8. The molecule has 1 aromatic heterocycles. The summed E-state index contributed by atoms with van der Waals surface area (Å²) in [6, 6.07) is 6.24. The molecule has 0 aliphatic carbocycles. The van der Waals surface area contributed by atoms with E-state index in [4.69, 9.17) is 10.00 Å². The Bertz CT molecular complexity index is 482. The number of ether oxygens (including phenoxy) is 1. The number of esters is 1. The Morgan fingerprint density at radius 1 is 1.21 bits per heavy atom. The molecule has 0 fully saturated rings. The predicted octanol–water partition coefficient (Wildman–Crippen LogP) is 4.84. The number of hydrogen-bond donors (Lipinski definition) is 0. The van der Waals surface area contributed by atoms with Crippen molar-refractivity contribution >= 4 is 5.97 Å². The Hall–Kier alpha value is -1.89. The Morgan fingerprint density at radius 3 is 2.58 bits per heavy atom. The van der Waals surface area contributed by atoms with Crippen LogP contribution in [-0.2, 0) is 16.0 Å². The molecule has 0 amide bonds. The molecule has 1 unspecified atom stereocenters. The summed E-state index contributed by atoms with van der Waals surface area (Å²) in [5.41, 5.74) is 1.27. The lowest BCUT2D eigenvalue weighted by Gasteiger charge is -2.15. The van der Waals surface area contributed by atoms with Gasteiger partial charge in [-0.2, -0.15) is 5.26 Å². The van der Waals surface area contributed by atoms with Crippen LogP contribution in [0.5, 0.6) is 0 Å². The Kier molecular flexibility index (Phi) is 11.4. The molecular formula is C20H30N2O2. The summed E-state index contributed by atoms with van der Waals surface area (Å²) in [5, 5.41) is 8.55. The zero-order valence-electron chi connectivity index (χ0n) is 14.9. The Balaban J connectivity index is 2.22. The van der Waals surface area contributed by atoms with Gasteiger partial charge in [-0.1, -0.05) is 31.7 Å². The Labute approximate surface area is 146 Å². The summed E-state index contributed by atoms with van der Waals surface area (Å²) >= 11 is 0. The van der Waals surface area contributed by atoms with Crippen LogP contribution in [0.15, 0.2) is 24.5 Å². The molecule has 0 saturated carbocycles. The van der Waals surface area contributed by atoms with Crippen molar-refractivity contribution in [3.63, 3.8) is 0 Å². The van der Waals surface area contributed by atoms with Gasteiger partial charge in [-0.15, -0.1) is 0 Å². The highest BCUT2D eigenvalue weighted by Gasteiger charge is 2.18. The lowest BCUT2D eigenvalue weighted by molar-refractivity contribution is -0.148. The van der Waals surface area contributed by atoms with Gasteiger partial charge in [0.25, 0.3) is 0 Å². The third kappa shape index (κ3) is 9.29. The maximum absolute atomic E-state index is 12.1. The number of nitriles is 1. The topological polar surface area (TPSA) is 63.0 Å². The summed E-state index contributed by atoms with van der Waals surface area (Å²) in [6.45, 7) is 2.31. The van der Waals surface area contributed by atoms with Gasteiger partial charge in [0.2, 0.25) is 0 Å². The van der Waals surface area contributed by atoms with Crippen LogP contribution in [0.1, 0.15) is 70.3 Å². The molecule has 132 valence electrons. The average Bonchev–Trinajstić information content (AvgIpc) is 2.60. The zero-order valence-corrected chi connectivity index (χ0v) is 14.9. The first-order valence-corrected chi connectivity index (χ1v) is 9.20. The lowest BCUT2D eigenvalue weighted by atomic mass is 9.94. The third-order valence-electron chi connectivity index (χ3n) is 4.20. The van der Waals surface area contributed by atoms with E-state index >= 15 is 0 Å². The summed E-state index contributed by atoms with van der Waals surface area (Å²) < 4.78 is 5.21. The number of carbonyl (C=O) groups excluding carboxylic acids is 1. The molecule has 0 spiro atoms. The van der Waals surface area contributed by atoms with Crippen LogP contribution in [-0.4, -0.2) is 17.6 Å². The molecule has 0 aliphatic heterocycles. The van der Waals surface area contributed by atoms with Crippen LogP contribution in [0.4, 0.5) is 0 Å². The van der Waals surface area contributed by atoms with Crippen LogP contribution >= 0.6 is 0 Å². The molecule has 1 atom stereocenters. The van der Waals surface area contributed by atoms with Crippen molar-refractivity contribution < 1.29 is 9.53 Å². The van der Waals surface area contributed by atoms with Gasteiger partial charge in [0, 0.05) is 18.8 Å². The van der Waals surface area contributed by atoms with Gasteiger partial charge in [-0.25, -0.2) is 0 Å². The van der Waals surface area contributed by atoms with Crippen molar-refractivity contribution in [3.05, 3.63) is 30.1 Å². The van der Waals surface area contributed by atoms with E-state index in [0.29, 0.717) is 13.0 Å². The van der Waals surface area contributed by atoms with Gasteiger partial charge in [0.1, 0.15) is 0 Å². The minimum absolute atomic E-state index is 0.0189. The monoisotopic (exact) mass is 330 g/mol. The quantitative estimate of drug-likeness (QED) is 0.383. The molecule has 1 heterocycles. The van der Waals surface area contributed by atoms with Gasteiger partial charge in [-0.05, 0) is 50.7 Å². The second kappa shape index (κ2) is 13.5. The van der Waals surface area contributed by atoms with Gasteiger partial charge >= 0.3 is 5.97 Å². The van der Waals surface area contributed by atoms with Crippen LogP contribution in [0, 0.1) is 17.2 Å². The first kappa shape index (κ1) is 20.2. The van der Waals surface area contributed by atoms with Crippen LogP contribution in [0.2, 0.25) is 0 Å². The summed E-state index contributed by atoms with van der Waals surface area (Å²) in [4.78, 5) is 16.2. The maximum Gasteiger partial charge on any atom is 0.308 e. The van der Waals surface area contributed by atoms with Crippen molar-refractivity contribution in [3.8, 4) is 6.07 Å². The second-order valence-electron chi connectivity index (χ2n) is 6.17. The van der Waals surface area contributed by atoms with E-state index in [2.05, 4.69) is 17.1 Å². The minimum Gasteiger partial charge on any atom is -0.466 e. The molecule has 0 bridgehead atoms. The van der Waals surface area contributed by atoms with E-state index in [9.17, 15) is 4.79 Å². The molecule has 1 aromatic rings. The number of aryl methyl sites for hydroxylation is 1. The third-order valence-corrected chi connectivity index (χ3v) is 4.20. The first-order valence-electron chi connectivity index (χ1n) is 9.20. The predicted molar refractivity (Wildman–Crippen MR) is 95.2 cm³/mol. The highest BCUT2D eigenvalue weighted by Crippen LogP contribution is 2.20. The molecule has 4 nitrogen and oxygen atoms in total. The highest BCUT2D eigenvalue weighted by molar-refractivity contribution is 5.72. The van der Waals surface area contributed by atoms with E-state index in [-0.39, 0.29) is 11.9 Å². The molecule has 4 heteroatoms. The normalized spacial score (nSPS) is 11.7. The van der Waals surface area contributed by atoms with Gasteiger partial charge < -0.3 is 4.74 Å². The number of unbranched alkanes of at least 4 members (excludes halogenated alkanes) is 5. The van der Waals surface area contributed by atoms with Crippen molar-refractivity contribution in [2.24, 2.45) is 5.92 Å². The largest absolute Gasteiger partial charge is 0.466 e. The van der Waals surface area contributed by atoms with Gasteiger partial charge in [0.15, 0.2) is 0 Å². The molecule has 1 rings (SSSR count). The minimum atomic E-state index is -0.0509. The summed E-state index contributed by atoms with van der Waals surface area (Å²) in [6.07, 6.45) is 13.4. The number of carbonyl (C=O) groups is 1. The standard InChI is InChI=1S/C20H30N2O2/c1-2-24-20(23)19(13-7-3-4-9-15-21)14-8-5-6-11-18-12-10-16-22-17-18/h10,12,16-17,19H,2-9,11,13-14H2,1H3. The number of aromatic nitrogens is 1. The molecular weight excluding hydrogens is 300 g/mol. The van der Waals surface area contributed by atoms with E-state index in [1.54, 1.807) is 6.20 Å². The Morgan fingerprint density at radius 2 is 1.96 bits per heavy atom. The SMILES string of the molecule is CCOC(=O)C(CCCCCC#N)CCCCCc1cccnc1. The van der Waals surface area contributed by atoms with Crippen LogP contribution in [0.3, 0.4) is 0 Å². The highest BCUT2D eigenvalue weighted by atomic mass is 16.5. The second-order valence-corrected chi connectivity index (χ2v) is 6.17. The molecule has 0 radical (unpaired) electrons. The lowest BCUT2D eigenvalue weighted by Crippen LogP contribution is -2.18. The summed E-state index contributed by atoms with van der Waals surface area (Å²) in [7, 11) is 0. The molecule has 0 aliphatic rings. The number of rotatable bonds is 13. The molecule has 0 saturated heterocycles. The van der Waals surface area contributed by atoms with Crippen LogP contribution < -0.4 is 0 Å². The van der Waals surface area contributed by atoms with Gasteiger partial charge in [0.05, 0.1) is 18.6 Å². The van der Waals surface area contributed by atoms with Gasteiger partial charge in [-0.3, -0.25) is 9.78 Å². The van der Waals surface area contributed by atoms with E-state index < -0.39 is 0 Å². The van der Waals surface area contributed by atoms with Crippen molar-refractivity contribution in [1.82, 2.24) is 4.98 Å². The average molecular weight is 330 g/mol. The fourth-order valence-corrected chi connectivity index (χ4v) is 2.85. The number of nitrogens with zero attached hydrogens (tertiary/aromatic N) is 2. The van der Waals surface area contributed by atoms with E-state index in [0.717, 1.165) is 57.8 Å². The van der Waals surface area contributed by atoms with Crippen molar-refractivity contribution in [2.75, 3.05) is 6.61 Å². The van der Waals surface area contributed by atoms with Crippen molar-refractivity contribution in [1.29, 1.82) is 5.26 Å². The van der Waals surface area contributed by atoms with Crippen LogP contribution in [0.25, 0.3) is 0 Å². The fourth-order valence-electron chi connectivity index (χ4n) is 2.85. The fraction of sp³-hybridized carbons (Fsp3) is 0.650. The summed E-state index contributed by atoms with van der Waals surface area (Å²) in [5.74, 6) is -0.0320. The number of pyridine rings is 1. The van der Waals surface area contributed by atoms with Crippen molar-refractivity contribution in [2.45, 2.75) is 71.1 Å². The molecule has 0 N–H and O–H groups in total.